The predicted octanol–water partition coefficient (Wildman–Crippen LogP) is 5.70. The van der Waals surface area contributed by atoms with E-state index in [2.05, 4.69) is 20.3 Å². The lowest BCUT2D eigenvalue weighted by atomic mass is 10.1. The standard InChI is InChI=1S/C22H23F4N5/c23-17-7-5-16(6-8-17)19-20(31(14-29-19)12-10-22(24,25)26)18-9-11-27-21(30-18)28-13-15-3-1-2-4-15/h5-9,11,14-15H,1-4,10,12-13H2,(H,27,28,30). The van der Waals surface area contributed by atoms with Gasteiger partial charge in [0, 0.05) is 24.8 Å². The zero-order valence-corrected chi connectivity index (χ0v) is 16.9. The molecule has 1 aliphatic rings. The lowest BCUT2D eigenvalue weighted by Crippen LogP contribution is -2.14. The van der Waals surface area contributed by atoms with Crippen LogP contribution in [0.1, 0.15) is 32.1 Å². The first kappa shape index (κ1) is 21.3. The minimum Gasteiger partial charge on any atom is -0.354 e. The van der Waals surface area contributed by atoms with E-state index in [1.54, 1.807) is 24.4 Å². The molecule has 4 rings (SSSR count). The van der Waals surface area contributed by atoms with E-state index < -0.39 is 18.4 Å². The SMILES string of the molecule is Fc1ccc(-c2ncn(CCC(F)(F)F)c2-c2ccnc(NCC3CCCC3)n2)cc1. The molecule has 0 unspecified atom stereocenters. The Kier molecular flexibility index (Phi) is 6.20. The van der Waals surface area contributed by atoms with Crippen LogP contribution in [-0.4, -0.2) is 32.2 Å². The Hall–Kier alpha value is -2.97. The van der Waals surface area contributed by atoms with Crippen LogP contribution in [0.5, 0.6) is 0 Å². The van der Waals surface area contributed by atoms with Crippen LogP contribution >= 0.6 is 0 Å². The third-order valence-corrected chi connectivity index (χ3v) is 5.51. The van der Waals surface area contributed by atoms with Crippen molar-refractivity contribution in [3.05, 3.63) is 48.7 Å². The van der Waals surface area contributed by atoms with Crippen LogP contribution in [0.25, 0.3) is 22.6 Å². The van der Waals surface area contributed by atoms with Crippen LogP contribution in [0.15, 0.2) is 42.9 Å². The van der Waals surface area contributed by atoms with Crippen molar-refractivity contribution in [1.82, 2.24) is 19.5 Å². The third kappa shape index (κ3) is 5.39. The van der Waals surface area contributed by atoms with Gasteiger partial charge in [0.15, 0.2) is 0 Å². The monoisotopic (exact) mass is 433 g/mol. The molecule has 0 spiro atoms. The summed E-state index contributed by atoms with van der Waals surface area (Å²) >= 11 is 0. The summed E-state index contributed by atoms with van der Waals surface area (Å²) < 4.78 is 53.4. The average Bonchev–Trinajstić information content (AvgIpc) is 3.41. The number of anilines is 1. The molecule has 31 heavy (non-hydrogen) atoms. The fourth-order valence-corrected chi connectivity index (χ4v) is 3.91. The second kappa shape index (κ2) is 9.03. The summed E-state index contributed by atoms with van der Waals surface area (Å²) in [5.41, 5.74) is 1.95. The molecule has 2 aromatic heterocycles. The van der Waals surface area contributed by atoms with E-state index in [0.717, 1.165) is 6.54 Å². The number of hydrogen-bond donors (Lipinski definition) is 1. The van der Waals surface area contributed by atoms with Crippen molar-refractivity contribution in [2.45, 2.75) is 44.8 Å². The van der Waals surface area contributed by atoms with Crippen molar-refractivity contribution >= 4 is 5.95 Å². The molecule has 0 radical (unpaired) electrons. The van der Waals surface area contributed by atoms with Gasteiger partial charge in [-0.15, -0.1) is 0 Å². The van der Waals surface area contributed by atoms with Crippen LogP contribution in [0.2, 0.25) is 0 Å². The molecule has 5 nitrogen and oxygen atoms in total. The van der Waals surface area contributed by atoms with Crippen LogP contribution in [0.3, 0.4) is 0 Å². The van der Waals surface area contributed by atoms with Gasteiger partial charge in [-0.25, -0.2) is 19.3 Å². The highest BCUT2D eigenvalue weighted by Crippen LogP contribution is 2.32. The van der Waals surface area contributed by atoms with Gasteiger partial charge in [0.2, 0.25) is 5.95 Å². The number of nitrogens with one attached hydrogen (secondary N) is 1. The number of aryl methyl sites for hydroxylation is 1. The van der Waals surface area contributed by atoms with Crippen molar-refractivity contribution in [3.63, 3.8) is 0 Å². The van der Waals surface area contributed by atoms with Gasteiger partial charge in [-0.3, -0.25) is 0 Å². The van der Waals surface area contributed by atoms with Gasteiger partial charge in [0.25, 0.3) is 0 Å². The molecule has 164 valence electrons. The molecule has 3 aromatic rings. The zero-order chi connectivity index (χ0) is 21.8. The average molecular weight is 433 g/mol. The maximum atomic E-state index is 13.4. The van der Waals surface area contributed by atoms with Gasteiger partial charge in [0.1, 0.15) is 5.82 Å². The first-order valence-electron chi connectivity index (χ1n) is 10.3. The molecule has 0 atom stereocenters. The second-order valence-electron chi connectivity index (χ2n) is 7.80. The maximum Gasteiger partial charge on any atom is 0.390 e. The highest BCUT2D eigenvalue weighted by molar-refractivity contribution is 5.77. The van der Waals surface area contributed by atoms with Crippen LogP contribution in [-0.2, 0) is 6.54 Å². The Balaban J connectivity index is 1.66. The molecule has 1 aromatic carbocycles. The Labute approximate surface area is 177 Å². The summed E-state index contributed by atoms with van der Waals surface area (Å²) in [4.78, 5) is 13.1. The predicted molar refractivity (Wildman–Crippen MR) is 110 cm³/mol. The summed E-state index contributed by atoms with van der Waals surface area (Å²) in [7, 11) is 0. The number of hydrogen-bond acceptors (Lipinski definition) is 4. The van der Waals surface area contributed by atoms with Gasteiger partial charge < -0.3 is 9.88 Å². The van der Waals surface area contributed by atoms with Crippen LogP contribution in [0, 0.1) is 11.7 Å². The topological polar surface area (TPSA) is 55.6 Å². The fourth-order valence-electron chi connectivity index (χ4n) is 3.91. The first-order valence-corrected chi connectivity index (χ1v) is 10.3. The summed E-state index contributed by atoms with van der Waals surface area (Å²) in [5, 5.41) is 3.25. The Morgan fingerprint density at radius 1 is 1.03 bits per heavy atom. The minimum atomic E-state index is -4.29. The van der Waals surface area contributed by atoms with E-state index in [1.165, 1.54) is 48.7 Å². The van der Waals surface area contributed by atoms with Gasteiger partial charge in [-0.05, 0) is 49.1 Å². The van der Waals surface area contributed by atoms with Crippen LogP contribution in [0.4, 0.5) is 23.5 Å². The van der Waals surface area contributed by atoms with Crippen molar-refractivity contribution in [3.8, 4) is 22.6 Å². The fraction of sp³-hybridized carbons (Fsp3) is 0.409. The van der Waals surface area contributed by atoms with E-state index in [0.29, 0.717) is 34.5 Å². The van der Waals surface area contributed by atoms with Crippen molar-refractivity contribution in [2.75, 3.05) is 11.9 Å². The molecule has 2 heterocycles. The zero-order valence-electron chi connectivity index (χ0n) is 16.9. The Morgan fingerprint density at radius 2 is 1.77 bits per heavy atom. The summed E-state index contributed by atoms with van der Waals surface area (Å²) in [6.07, 6.45) is 2.47. The Bertz CT molecular complexity index is 1010. The highest BCUT2D eigenvalue weighted by Gasteiger charge is 2.28. The van der Waals surface area contributed by atoms with E-state index in [-0.39, 0.29) is 6.54 Å². The molecular formula is C22H23F4N5. The largest absolute Gasteiger partial charge is 0.390 e. The van der Waals surface area contributed by atoms with Crippen molar-refractivity contribution in [2.24, 2.45) is 5.92 Å². The molecule has 0 amide bonds. The lowest BCUT2D eigenvalue weighted by molar-refractivity contribution is -0.136. The van der Waals surface area contributed by atoms with Gasteiger partial charge in [0.05, 0.1) is 29.8 Å². The smallest absolute Gasteiger partial charge is 0.354 e. The Morgan fingerprint density at radius 3 is 2.48 bits per heavy atom. The van der Waals surface area contributed by atoms with Crippen molar-refractivity contribution < 1.29 is 17.6 Å². The van der Waals surface area contributed by atoms with Gasteiger partial charge in [-0.1, -0.05) is 12.8 Å². The molecule has 0 saturated heterocycles. The lowest BCUT2D eigenvalue weighted by Gasteiger charge is -2.14. The van der Waals surface area contributed by atoms with E-state index in [4.69, 9.17) is 0 Å². The van der Waals surface area contributed by atoms with Gasteiger partial charge in [-0.2, -0.15) is 13.2 Å². The normalized spacial score (nSPS) is 14.8. The molecule has 1 aliphatic carbocycles. The summed E-state index contributed by atoms with van der Waals surface area (Å²) in [6, 6.07) is 7.34. The first-order chi connectivity index (χ1) is 14.9. The summed E-state index contributed by atoms with van der Waals surface area (Å²) in [6.45, 7) is 0.476. The molecule has 1 fully saturated rings. The maximum absolute atomic E-state index is 13.4. The molecule has 9 heteroatoms. The number of alkyl halides is 3. The van der Waals surface area contributed by atoms with E-state index in [1.807, 2.05) is 0 Å². The minimum absolute atomic E-state index is 0.290. The quantitative estimate of drug-likeness (QED) is 0.486. The van der Waals surface area contributed by atoms with Crippen LogP contribution < -0.4 is 5.32 Å². The van der Waals surface area contributed by atoms with E-state index >= 15 is 0 Å². The molecule has 1 N–H and O–H groups in total. The number of aromatic nitrogens is 4. The number of nitrogens with zero attached hydrogens (tertiary/aromatic N) is 4. The van der Waals surface area contributed by atoms with Crippen molar-refractivity contribution in [1.29, 1.82) is 0 Å². The number of benzene rings is 1. The number of imidazole rings is 1. The number of rotatable bonds is 7. The molecular weight excluding hydrogens is 410 g/mol. The number of halogens is 4. The second-order valence-corrected chi connectivity index (χ2v) is 7.80. The molecule has 1 saturated carbocycles. The summed E-state index contributed by atoms with van der Waals surface area (Å²) in [5.74, 6) is 0.611. The molecule has 0 aliphatic heterocycles. The molecule has 0 bridgehead atoms. The van der Waals surface area contributed by atoms with E-state index in [9.17, 15) is 17.6 Å². The third-order valence-electron chi connectivity index (χ3n) is 5.51. The van der Waals surface area contributed by atoms with Gasteiger partial charge >= 0.3 is 6.18 Å². The highest BCUT2D eigenvalue weighted by atomic mass is 19.4.